The lowest BCUT2D eigenvalue weighted by Gasteiger charge is -2.05. The summed E-state index contributed by atoms with van der Waals surface area (Å²) in [5.74, 6) is 0.709. The third kappa shape index (κ3) is 3.49. The molecule has 1 heterocycles. The Kier molecular flexibility index (Phi) is 4.03. The first kappa shape index (κ1) is 12.0. The molecule has 0 bridgehead atoms. The van der Waals surface area contributed by atoms with Crippen molar-refractivity contribution in [2.45, 2.75) is 5.16 Å². The Bertz CT molecular complexity index is 467. The maximum absolute atomic E-state index is 12.7. The van der Waals surface area contributed by atoms with Gasteiger partial charge in [-0.1, -0.05) is 11.8 Å². The van der Waals surface area contributed by atoms with E-state index < -0.39 is 0 Å². The normalized spacial score (nSPS) is 10.5. The summed E-state index contributed by atoms with van der Waals surface area (Å²) in [5, 5.41) is 4.23. The number of halogens is 1. The van der Waals surface area contributed by atoms with Crippen LogP contribution in [0.3, 0.4) is 0 Å². The largest absolute Gasteiger partial charge is 0.384 e. The van der Waals surface area contributed by atoms with Crippen LogP contribution in [0.1, 0.15) is 0 Å². The van der Waals surface area contributed by atoms with Crippen molar-refractivity contribution in [2.75, 3.05) is 17.6 Å². The second-order valence-corrected chi connectivity index (χ2v) is 4.66. The SMILES string of the molecule is Cn1ccnc1SCCNc1ccc(F)cc1. The number of benzene rings is 1. The fourth-order valence-electron chi connectivity index (χ4n) is 1.40. The molecule has 0 aliphatic heterocycles. The number of imidazole rings is 1. The van der Waals surface area contributed by atoms with Crippen molar-refractivity contribution in [3.8, 4) is 0 Å². The number of hydrogen-bond donors (Lipinski definition) is 1. The number of hydrogen-bond acceptors (Lipinski definition) is 3. The van der Waals surface area contributed by atoms with Gasteiger partial charge in [-0.25, -0.2) is 9.37 Å². The van der Waals surface area contributed by atoms with Gasteiger partial charge in [-0.3, -0.25) is 0 Å². The number of rotatable bonds is 5. The Labute approximate surface area is 104 Å². The molecule has 2 aromatic rings. The van der Waals surface area contributed by atoms with E-state index in [0.29, 0.717) is 0 Å². The van der Waals surface area contributed by atoms with Gasteiger partial charge in [0.1, 0.15) is 5.82 Å². The van der Waals surface area contributed by atoms with E-state index in [1.165, 1.54) is 12.1 Å². The van der Waals surface area contributed by atoms with Gasteiger partial charge in [0.2, 0.25) is 0 Å². The first-order chi connectivity index (χ1) is 8.25. The summed E-state index contributed by atoms with van der Waals surface area (Å²) in [7, 11) is 1.97. The lowest BCUT2D eigenvalue weighted by atomic mass is 10.3. The van der Waals surface area contributed by atoms with Crippen LogP contribution < -0.4 is 5.32 Å². The third-order valence-electron chi connectivity index (χ3n) is 2.28. The minimum absolute atomic E-state index is 0.210. The molecule has 0 saturated carbocycles. The molecule has 0 spiro atoms. The fraction of sp³-hybridized carbons (Fsp3) is 0.250. The molecule has 0 unspecified atom stereocenters. The van der Waals surface area contributed by atoms with Crippen LogP contribution in [0, 0.1) is 5.82 Å². The minimum atomic E-state index is -0.210. The van der Waals surface area contributed by atoms with E-state index in [1.54, 1.807) is 30.1 Å². The second-order valence-electron chi connectivity index (χ2n) is 3.60. The molecule has 0 radical (unpaired) electrons. The Balaban J connectivity index is 1.73. The summed E-state index contributed by atoms with van der Waals surface area (Å²) < 4.78 is 14.7. The molecule has 1 N–H and O–H groups in total. The number of nitrogens with zero attached hydrogens (tertiary/aromatic N) is 2. The van der Waals surface area contributed by atoms with Gasteiger partial charge >= 0.3 is 0 Å². The lowest BCUT2D eigenvalue weighted by Crippen LogP contribution is -2.04. The maximum atomic E-state index is 12.7. The Morgan fingerprint density at radius 1 is 1.35 bits per heavy atom. The van der Waals surface area contributed by atoms with Crippen molar-refractivity contribution in [2.24, 2.45) is 7.05 Å². The smallest absolute Gasteiger partial charge is 0.167 e. The van der Waals surface area contributed by atoms with Gasteiger partial charge in [-0.15, -0.1) is 0 Å². The first-order valence-corrected chi connectivity index (χ1v) is 6.34. The average molecular weight is 251 g/mol. The van der Waals surface area contributed by atoms with E-state index in [0.717, 1.165) is 23.1 Å². The first-order valence-electron chi connectivity index (χ1n) is 5.35. The molecule has 2 rings (SSSR count). The summed E-state index contributed by atoms with van der Waals surface area (Å²) in [6.07, 6.45) is 3.71. The molecule has 0 aliphatic carbocycles. The van der Waals surface area contributed by atoms with Crippen molar-refractivity contribution in [1.82, 2.24) is 9.55 Å². The quantitative estimate of drug-likeness (QED) is 0.654. The molecule has 0 atom stereocenters. The van der Waals surface area contributed by atoms with Crippen LogP contribution in [0.4, 0.5) is 10.1 Å². The number of anilines is 1. The molecule has 1 aromatic heterocycles. The highest BCUT2D eigenvalue weighted by molar-refractivity contribution is 7.99. The van der Waals surface area contributed by atoms with E-state index in [9.17, 15) is 4.39 Å². The molecule has 5 heteroatoms. The van der Waals surface area contributed by atoms with Crippen molar-refractivity contribution in [3.05, 3.63) is 42.5 Å². The fourth-order valence-corrected chi connectivity index (χ4v) is 2.18. The van der Waals surface area contributed by atoms with Gasteiger partial charge in [-0.05, 0) is 24.3 Å². The van der Waals surface area contributed by atoms with Crippen LogP contribution in [0.15, 0.2) is 41.8 Å². The van der Waals surface area contributed by atoms with Crippen LogP contribution in [0.2, 0.25) is 0 Å². The number of thioether (sulfide) groups is 1. The Hall–Kier alpha value is -1.49. The van der Waals surface area contributed by atoms with E-state index in [2.05, 4.69) is 10.3 Å². The molecular weight excluding hydrogens is 237 g/mol. The van der Waals surface area contributed by atoms with Gasteiger partial charge in [0.25, 0.3) is 0 Å². The summed E-state index contributed by atoms with van der Waals surface area (Å²) in [4.78, 5) is 4.22. The van der Waals surface area contributed by atoms with Crippen molar-refractivity contribution in [1.29, 1.82) is 0 Å². The van der Waals surface area contributed by atoms with Crippen LogP contribution in [-0.2, 0) is 7.05 Å². The molecule has 17 heavy (non-hydrogen) atoms. The zero-order valence-corrected chi connectivity index (χ0v) is 10.4. The highest BCUT2D eigenvalue weighted by atomic mass is 32.2. The molecule has 0 amide bonds. The monoisotopic (exact) mass is 251 g/mol. The molecule has 0 fully saturated rings. The van der Waals surface area contributed by atoms with Gasteiger partial charge in [0.15, 0.2) is 5.16 Å². The highest BCUT2D eigenvalue weighted by Gasteiger charge is 1.99. The van der Waals surface area contributed by atoms with Crippen molar-refractivity contribution < 1.29 is 4.39 Å². The average Bonchev–Trinajstić information content (AvgIpc) is 2.73. The van der Waals surface area contributed by atoms with E-state index in [4.69, 9.17) is 0 Å². The highest BCUT2D eigenvalue weighted by Crippen LogP contribution is 2.14. The van der Waals surface area contributed by atoms with E-state index in [-0.39, 0.29) is 5.82 Å². The summed E-state index contributed by atoms with van der Waals surface area (Å²) in [6, 6.07) is 6.38. The minimum Gasteiger partial charge on any atom is -0.384 e. The second kappa shape index (κ2) is 5.72. The summed E-state index contributed by atoms with van der Waals surface area (Å²) in [6.45, 7) is 0.823. The van der Waals surface area contributed by atoms with Gasteiger partial charge in [0.05, 0.1) is 0 Å². The van der Waals surface area contributed by atoms with E-state index >= 15 is 0 Å². The molecular formula is C12H14FN3S. The third-order valence-corrected chi connectivity index (χ3v) is 3.34. The predicted octanol–water partition coefficient (Wildman–Crippen LogP) is 2.76. The van der Waals surface area contributed by atoms with Crippen molar-refractivity contribution >= 4 is 17.4 Å². The van der Waals surface area contributed by atoms with Gasteiger partial charge in [0, 0.05) is 37.4 Å². The molecule has 3 nitrogen and oxygen atoms in total. The van der Waals surface area contributed by atoms with Crippen LogP contribution in [0.5, 0.6) is 0 Å². The van der Waals surface area contributed by atoms with Crippen molar-refractivity contribution in [3.63, 3.8) is 0 Å². The van der Waals surface area contributed by atoms with E-state index in [1.807, 2.05) is 17.8 Å². The summed E-state index contributed by atoms with van der Waals surface area (Å²) in [5.41, 5.74) is 0.937. The van der Waals surface area contributed by atoms with Crippen LogP contribution >= 0.6 is 11.8 Å². The zero-order chi connectivity index (χ0) is 12.1. The van der Waals surface area contributed by atoms with Gasteiger partial charge < -0.3 is 9.88 Å². The van der Waals surface area contributed by atoms with Crippen LogP contribution in [0.25, 0.3) is 0 Å². The number of nitrogens with one attached hydrogen (secondary N) is 1. The number of aromatic nitrogens is 2. The molecule has 1 aromatic carbocycles. The predicted molar refractivity (Wildman–Crippen MR) is 68.8 cm³/mol. The Morgan fingerprint density at radius 2 is 2.12 bits per heavy atom. The summed E-state index contributed by atoms with van der Waals surface area (Å²) >= 11 is 1.69. The number of aryl methyl sites for hydroxylation is 1. The van der Waals surface area contributed by atoms with Crippen LogP contribution in [-0.4, -0.2) is 21.8 Å². The molecule has 0 aliphatic rings. The van der Waals surface area contributed by atoms with Gasteiger partial charge in [-0.2, -0.15) is 0 Å². The topological polar surface area (TPSA) is 29.9 Å². The Morgan fingerprint density at radius 3 is 2.76 bits per heavy atom. The molecule has 90 valence electrons. The maximum Gasteiger partial charge on any atom is 0.167 e. The standard InChI is InChI=1S/C12H14FN3S/c1-16-8-6-15-12(16)17-9-7-14-11-4-2-10(13)3-5-11/h2-6,8,14H,7,9H2,1H3. The molecule has 0 saturated heterocycles. The zero-order valence-electron chi connectivity index (χ0n) is 9.56. The lowest BCUT2D eigenvalue weighted by molar-refractivity contribution is 0.628.